The third-order valence-corrected chi connectivity index (χ3v) is 22.6. The van der Waals surface area contributed by atoms with E-state index in [1.54, 1.807) is 0 Å². The van der Waals surface area contributed by atoms with Gasteiger partial charge in [0.15, 0.2) is 31.5 Å². The smallest absolute Gasteiger partial charge is 0.397 e. The first-order valence-electron chi connectivity index (χ1n) is 31.7. The zero-order valence-electron chi connectivity index (χ0n) is 53.1. The summed E-state index contributed by atoms with van der Waals surface area (Å²) in [6, 6.07) is 0. The van der Waals surface area contributed by atoms with Crippen LogP contribution in [0.1, 0.15) is 113 Å². The molecule has 0 aromatic heterocycles. The molecule has 31 atom stereocenters. The Hall–Kier alpha value is -2.88. The molecular weight excluding hydrogens is 1240 g/mol. The highest BCUT2D eigenvalue weighted by atomic mass is 32.3. The van der Waals surface area contributed by atoms with Crippen LogP contribution in [0.15, 0.2) is 23.8 Å². The van der Waals surface area contributed by atoms with Gasteiger partial charge in [0.25, 0.3) is 0 Å². The Kier molecular flexibility index (Phi) is 21.2. The maximum Gasteiger partial charge on any atom is 0.397 e. The minimum Gasteiger partial charge on any atom is -0.463 e. The molecule has 6 heterocycles. The molecule has 31 unspecified atom stereocenters. The minimum atomic E-state index is -5.28. The summed E-state index contributed by atoms with van der Waals surface area (Å²) in [6.45, 7) is 16.0. The molecule has 11 N–H and O–H groups in total. The second-order valence-electron chi connectivity index (χ2n) is 28.3. The van der Waals surface area contributed by atoms with E-state index in [1.165, 1.54) is 6.92 Å². The van der Waals surface area contributed by atoms with Crippen LogP contribution < -0.4 is 0 Å². The van der Waals surface area contributed by atoms with Crippen molar-refractivity contribution in [2.24, 2.45) is 39.4 Å². The largest absolute Gasteiger partial charge is 0.463 e. The van der Waals surface area contributed by atoms with Gasteiger partial charge in [-0.2, -0.15) is 8.42 Å². The highest BCUT2D eigenvalue weighted by molar-refractivity contribution is 7.80. The highest BCUT2D eigenvalue weighted by Crippen LogP contribution is 2.75. The van der Waals surface area contributed by atoms with Gasteiger partial charge in [-0.05, 0) is 94.8 Å². The van der Waals surface area contributed by atoms with Crippen LogP contribution in [0.3, 0.4) is 0 Å². The van der Waals surface area contributed by atoms with Crippen molar-refractivity contribution in [3.63, 3.8) is 0 Å². The van der Waals surface area contributed by atoms with Crippen molar-refractivity contribution in [2.45, 2.75) is 266 Å². The Bertz CT molecular complexity index is 2830. The summed E-state index contributed by atoms with van der Waals surface area (Å²) in [4.78, 5) is 40.6. The summed E-state index contributed by atoms with van der Waals surface area (Å²) in [7, 11) is -4.12. The molecule has 0 radical (unpaired) electrons. The van der Waals surface area contributed by atoms with E-state index in [-0.39, 0.29) is 30.0 Å². The number of esters is 2. The molecule has 10 aliphatic rings. The van der Waals surface area contributed by atoms with Gasteiger partial charge in [0.1, 0.15) is 122 Å². The van der Waals surface area contributed by atoms with Gasteiger partial charge in [-0.15, -0.1) is 6.58 Å². The molecule has 0 aromatic carbocycles. The molecule has 0 bridgehead atoms. The van der Waals surface area contributed by atoms with Gasteiger partial charge in [0.05, 0.1) is 43.4 Å². The van der Waals surface area contributed by atoms with E-state index in [1.807, 2.05) is 27.7 Å². The monoisotopic (exact) mass is 1340 g/mol. The molecule has 10 rings (SSSR count). The normalized spacial score (nSPS) is 49.3. The number of hydrogen-bond acceptors (Lipinski definition) is 29. The number of aliphatic hydroxyl groups excluding tert-OH is 10. The maximum absolute atomic E-state index is 14.5. The van der Waals surface area contributed by atoms with Crippen molar-refractivity contribution in [3.05, 3.63) is 23.8 Å². The lowest BCUT2D eigenvalue weighted by Crippen LogP contribution is -2.68. The van der Waals surface area contributed by atoms with Crippen molar-refractivity contribution < 1.29 is 144 Å². The van der Waals surface area contributed by atoms with Crippen molar-refractivity contribution >= 4 is 28.1 Å². The van der Waals surface area contributed by atoms with E-state index < -0.39 is 223 Å². The molecule has 92 heavy (non-hydrogen) atoms. The maximum atomic E-state index is 14.5. The number of ether oxygens (including phenoxy) is 13. The van der Waals surface area contributed by atoms with E-state index in [2.05, 4.69) is 26.5 Å². The summed E-state index contributed by atoms with van der Waals surface area (Å²) in [5.74, 6) is -1.74. The van der Waals surface area contributed by atoms with Crippen molar-refractivity contribution in [2.75, 3.05) is 33.5 Å². The Labute approximate surface area is 533 Å². The summed E-state index contributed by atoms with van der Waals surface area (Å²) >= 11 is 0. The molecule has 6 aliphatic heterocycles. The van der Waals surface area contributed by atoms with Crippen LogP contribution in [-0.4, -0.2) is 268 Å². The molecule has 524 valence electrons. The van der Waals surface area contributed by atoms with Gasteiger partial charge < -0.3 is 113 Å². The SMILES string of the molecule is C=C(C)CCCC1(C)OC(=O)C23CCC4C(=CCC5C(C)(C)C(OC6OCC(OS(=O)(=O)O)C(O)C6OC6OC(C)C(OC7OC(CO)C(O)C(OC8OC(COC(C)=O)C(O)C(OC)C8O)C7O)C(O)C6OC6OCC(O)C(O)C6O)CCC45C)C2(C)CC(=O)C13. The third kappa shape index (κ3) is 12.9. The average Bonchev–Trinajstić information content (AvgIpc) is 1.46. The predicted molar refractivity (Wildman–Crippen MR) is 307 cm³/mol. The highest BCUT2D eigenvalue weighted by Gasteiger charge is 2.79. The zero-order chi connectivity index (χ0) is 67.3. The number of ketones is 1. The second-order valence-corrected chi connectivity index (χ2v) is 29.3. The molecule has 0 amide bonds. The third-order valence-electron chi connectivity index (χ3n) is 22.1. The van der Waals surface area contributed by atoms with Crippen LogP contribution in [-0.2, 0) is 90.5 Å². The van der Waals surface area contributed by atoms with Gasteiger partial charge in [-0.1, -0.05) is 44.9 Å². The Morgan fingerprint density at radius 2 is 1.33 bits per heavy atom. The number of fused-ring (bicyclic) bond motifs is 4. The number of Topliss-reactive ketones (excluding diaryl/α,β-unsaturated/α-hetero) is 1. The number of allylic oxidation sites excluding steroid dienone is 3. The fourth-order valence-corrected chi connectivity index (χ4v) is 17.9. The van der Waals surface area contributed by atoms with Crippen molar-refractivity contribution in [3.8, 4) is 0 Å². The molecule has 0 aromatic rings. The lowest BCUT2D eigenvalue weighted by atomic mass is 9.41. The van der Waals surface area contributed by atoms with Gasteiger partial charge in [-0.25, -0.2) is 4.18 Å². The zero-order valence-corrected chi connectivity index (χ0v) is 54.0. The molecule has 3 saturated carbocycles. The van der Waals surface area contributed by atoms with E-state index in [0.29, 0.717) is 38.5 Å². The standard InChI is InChI=1S/C61H94O30S/c1-25(2)12-11-17-60(9)50-30(64)20-59(8)29-13-14-35-57(5,6)36(16-18-58(35,7)28(29)15-19-61(50,59)56(74)90-60)85-54-48(40(69)34(24-81-54)91-92(75,76)77)89-55-49(88-51-41(70)37(66)31(65)22-80-51)42(71)45(26(3)82-55)86-53-44(73)47(38(67)32(21-62)83-53)87-52-43(72)46(78-10)39(68)33(84-52)23-79-27(4)63/h13,26,28,31-55,62,65-73H,1,11-12,14-24H2,2-10H3,(H,75,76,77). The molecule has 31 heteroatoms. The molecule has 30 nitrogen and oxygen atoms in total. The number of rotatable bonds is 20. The van der Waals surface area contributed by atoms with Gasteiger partial charge in [-0.3, -0.25) is 18.9 Å². The first kappa shape index (κ1) is 71.9. The van der Waals surface area contributed by atoms with E-state index >= 15 is 0 Å². The number of cyclic esters (lactones) is 1. The lowest BCUT2D eigenvalue weighted by molar-refractivity contribution is -0.403. The molecule has 1 spiro atoms. The van der Waals surface area contributed by atoms with Crippen LogP contribution >= 0.6 is 0 Å². The van der Waals surface area contributed by atoms with E-state index in [0.717, 1.165) is 38.0 Å². The van der Waals surface area contributed by atoms with Crippen LogP contribution in [0.2, 0.25) is 0 Å². The molecule has 6 saturated heterocycles. The topological polar surface area (TPSA) is 437 Å². The molecular formula is C61H94O30S. The second kappa shape index (κ2) is 27.1. The number of hydrogen-bond donors (Lipinski definition) is 11. The predicted octanol–water partition coefficient (Wildman–Crippen LogP) is -1.35. The summed E-state index contributed by atoms with van der Waals surface area (Å²) in [5.41, 5.74) is -1.78. The van der Waals surface area contributed by atoms with Crippen molar-refractivity contribution in [1.82, 2.24) is 0 Å². The van der Waals surface area contributed by atoms with Crippen LogP contribution in [0.25, 0.3) is 0 Å². The number of methoxy groups -OCH3 is 1. The summed E-state index contributed by atoms with van der Waals surface area (Å²) in [6.07, 6.45) is -34.9. The molecule has 4 aliphatic carbocycles. The van der Waals surface area contributed by atoms with Crippen LogP contribution in [0.4, 0.5) is 0 Å². The minimum absolute atomic E-state index is 0.0313. The fourth-order valence-electron chi connectivity index (χ4n) is 17.4. The fraction of sp³-hybridized carbons (Fsp3) is 0.885. The van der Waals surface area contributed by atoms with Crippen LogP contribution in [0.5, 0.6) is 0 Å². The van der Waals surface area contributed by atoms with Gasteiger partial charge in [0, 0.05) is 25.9 Å². The van der Waals surface area contributed by atoms with Gasteiger partial charge >= 0.3 is 22.3 Å². The Morgan fingerprint density at radius 1 is 0.707 bits per heavy atom. The Morgan fingerprint density at radius 3 is 1.98 bits per heavy atom. The quantitative estimate of drug-likeness (QED) is 0.0381. The summed E-state index contributed by atoms with van der Waals surface area (Å²) in [5, 5.41) is 113. The first-order chi connectivity index (χ1) is 43.1. The molecule has 9 fully saturated rings. The number of aliphatic hydroxyl groups is 10. The van der Waals surface area contributed by atoms with E-state index in [4.69, 9.17) is 65.8 Å². The lowest BCUT2D eigenvalue weighted by Gasteiger charge is -2.63. The summed E-state index contributed by atoms with van der Waals surface area (Å²) < 4.78 is 117. The number of carbonyl (C=O) groups excluding carboxylic acids is 3. The average molecular weight is 1340 g/mol. The van der Waals surface area contributed by atoms with Crippen molar-refractivity contribution in [1.29, 1.82) is 0 Å². The van der Waals surface area contributed by atoms with Gasteiger partial charge in [0.2, 0.25) is 0 Å². The number of carbonyl (C=O) groups is 3. The van der Waals surface area contributed by atoms with Crippen LogP contribution in [0, 0.1) is 39.4 Å². The Balaban J connectivity index is 0.905. The van der Waals surface area contributed by atoms with E-state index in [9.17, 15) is 78.4 Å². The first-order valence-corrected chi connectivity index (χ1v) is 33.1.